The molecule has 3 rings (SSSR count). The van der Waals surface area contributed by atoms with Gasteiger partial charge in [-0.3, -0.25) is 4.79 Å². The topological polar surface area (TPSA) is 117 Å². The second-order valence-electron chi connectivity index (χ2n) is 7.00. The smallest absolute Gasteiger partial charge is 0.343 e. The van der Waals surface area contributed by atoms with Crippen LogP contribution in [0.3, 0.4) is 0 Å². The van der Waals surface area contributed by atoms with Crippen molar-refractivity contribution < 1.29 is 23.5 Å². The number of halogens is 1. The fraction of sp³-hybridized carbons (Fsp3) is 0.125. The lowest BCUT2D eigenvalue weighted by Crippen LogP contribution is -2.21. The minimum absolute atomic E-state index is 0.0567. The number of nitrogens with zero attached hydrogens (tertiary/aromatic N) is 1. The van der Waals surface area contributed by atoms with Gasteiger partial charge in [0.05, 0.1) is 17.2 Å². The summed E-state index contributed by atoms with van der Waals surface area (Å²) in [5.74, 6) is -1.57. The van der Waals surface area contributed by atoms with E-state index in [0.29, 0.717) is 28.1 Å². The summed E-state index contributed by atoms with van der Waals surface area (Å²) < 4.78 is 23.6. The van der Waals surface area contributed by atoms with Crippen LogP contribution in [-0.4, -0.2) is 17.9 Å². The molecule has 3 aromatic carbocycles. The van der Waals surface area contributed by atoms with E-state index in [1.807, 2.05) is 0 Å². The van der Waals surface area contributed by atoms with Gasteiger partial charge in [0, 0.05) is 0 Å². The van der Waals surface area contributed by atoms with Crippen molar-refractivity contribution in [2.75, 3.05) is 0 Å². The highest BCUT2D eigenvalue weighted by Crippen LogP contribution is 2.22. The van der Waals surface area contributed by atoms with Crippen molar-refractivity contribution in [3.05, 3.63) is 95.3 Å². The highest BCUT2D eigenvalue weighted by atomic mass is 19.1. The number of aliphatic imine (C=N–C) groups is 1. The zero-order chi connectivity index (χ0) is 23.1. The Morgan fingerprint density at radius 1 is 0.938 bits per heavy atom. The lowest BCUT2D eigenvalue weighted by atomic mass is 10.0. The Bertz CT molecular complexity index is 1110. The van der Waals surface area contributed by atoms with E-state index in [1.165, 1.54) is 12.1 Å². The first kappa shape index (κ1) is 22.5. The molecule has 1 atom stereocenters. The van der Waals surface area contributed by atoms with Gasteiger partial charge in [0.1, 0.15) is 18.2 Å². The monoisotopic (exact) mass is 435 g/mol. The molecule has 32 heavy (non-hydrogen) atoms. The number of hydrogen-bond donors (Lipinski definition) is 2. The first-order valence-corrected chi connectivity index (χ1v) is 9.75. The quantitative estimate of drug-likeness (QED) is 0.252. The van der Waals surface area contributed by atoms with Gasteiger partial charge in [0.2, 0.25) is 0 Å². The zero-order valence-corrected chi connectivity index (χ0v) is 17.3. The van der Waals surface area contributed by atoms with Crippen LogP contribution in [0.25, 0.3) is 0 Å². The molecular formula is C24H22FN3O4. The van der Waals surface area contributed by atoms with Gasteiger partial charge < -0.3 is 20.9 Å². The van der Waals surface area contributed by atoms with Crippen LogP contribution in [0.15, 0.2) is 77.8 Å². The Morgan fingerprint density at radius 3 is 2.16 bits per heavy atom. The second-order valence-corrected chi connectivity index (χ2v) is 7.00. The van der Waals surface area contributed by atoms with Crippen LogP contribution in [-0.2, 0) is 16.1 Å². The summed E-state index contributed by atoms with van der Waals surface area (Å²) in [7, 11) is 0. The summed E-state index contributed by atoms with van der Waals surface area (Å²) in [6.07, 6.45) is 0. The minimum Gasteiger partial charge on any atom is -0.460 e. The molecule has 164 valence electrons. The molecule has 0 aliphatic heterocycles. The van der Waals surface area contributed by atoms with E-state index in [9.17, 15) is 14.0 Å². The van der Waals surface area contributed by atoms with Crippen molar-refractivity contribution in [1.82, 2.24) is 0 Å². The molecule has 0 aliphatic rings. The Morgan fingerprint density at radius 2 is 1.56 bits per heavy atom. The van der Waals surface area contributed by atoms with Gasteiger partial charge in [-0.05, 0) is 66.6 Å². The number of rotatable bonds is 7. The molecule has 0 spiro atoms. The fourth-order valence-corrected chi connectivity index (χ4v) is 2.81. The van der Waals surface area contributed by atoms with Gasteiger partial charge >= 0.3 is 11.9 Å². The van der Waals surface area contributed by atoms with E-state index >= 15 is 0 Å². The van der Waals surface area contributed by atoms with Crippen LogP contribution >= 0.6 is 0 Å². The third-order valence-electron chi connectivity index (χ3n) is 4.60. The molecule has 0 radical (unpaired) electrons. The molecule has 0 bridgehead atoms. The van der Waals surface area contributed by atoms with Crippen LogP contribution in [0.1, 0.15) is 34.3 Å². The molecule has 0 aliphatic carbocycles. The van der Waals surface area contributed by atoms with E-state index in [2.05, 4.69) is 4.99 Å². The molecule has 0 aromatic heterocycles. The number of ether oxygens (including phenoxy) is 2. The van der Waals surface area contributed by atoms with Crippen LogP contribution in [0.4, 0.5) is 10.1 Å². The maximum Gasteiger partial charge on any atom is 0.343 e. The molecule has 0 amide bonds. The molecule has 0 heterocycles. The highest BCUT2D eigenvalue weighted by Gasteiger charge is 2.17. The summed E-state index contributed by atoms with van der Waals surface area (Å²) in [6.45, 7) is 1.77. The average Bonchev–Trinajstić information content (AvgIpc) is 2.78. The Labute approximate surface area is 184 Å². The molecule has 1 unspecified atom stereocenters. The lowest BCUT2D eigenvalue weighted by molar-refractivity contribution is -0.146. The fourth-order valence-electron chi connectivity index (χ4n) is 2.81. The van der Waals surface area contributed by atoms with Crippen molar-refractivity contribution in [3.8, 4) is 5.75 Å². The molecule has 7 nitrogen and oxygen atoms in total. The van der Waals surface area contributed by atoms with Gasteiger partial charge in [-0.1, -0.05) is 24.3 Å². The van der Waals surface area contributed by atoms with Crippen LogP contribution in [0.5, 0.6) is 5.75 Å². The van der Waals surface area contributed by atoms with E-state index in [1.54, 1.807) is 67.6 Å². The largest absolute Gasteiger partial charge is 0.460 e. The van der Waals surface area contributed by atoms with E-state index in [0.717, 1.165) is 0 Å². The van der Waals surface area contributed by atoms with E-state index < -0.39 is 17.9 Å². The summed E-state index contributed by atoms with van der Waals surface area (Å²) >= 11 is 0. The number of nitrogens with two attached hydrogens (primary N) is 2. The van der Waals surface area contributed by atoms with Crippen LogP contribution in [0, 0.1) is 5.82 Å². The Hall–Kier alpha value is -4.20. The SMILES string of the molecule is CC(C(=O)OCc1ccc(F)cc1)c1ccc(OC(=O)c2ccc(N=C(N)N)cc2)cc1. The minimum atomic E-state index is -0.541. The van der Waals surface area contributed by atoms with Crippen LogP contribution in [0.2, 0.25) is 0 Å². The third-order valence-corrected chi connectivity index (χ3v) is 4.60. The molecule has 0 saturated carbocycles. The maximum atomic E-state index is 12.9. The van der Waals surface area contributed by atoms with Gasteiger partial charge in [0.25, 0.3) is 0 Å². The van der Waals surface area contributed by atoms with E-state index in [-0.39, 0.29) is 18.4 Å². The van der Waals surface area contributed by atoms with Crippen molar-refractivity contribution in [3.63, 3.8) is 0 Å². The van der Waals surface area contributed by atoms with Gasteiger partial charge in [-0.15, -0.1) is 0 Å². The normalized spacial score (nSPS) is 11.3. The van der Waals surface area contributed by atoms with Crippen LogP contribution < -0.4 is 16.2 Å². The van der Waals surface area contributed by atoms with Crippen molar-refractivity contribution >= 4 is 23.6 Å². The molecular weight excluding hydrogens is 413 g/mol. The standard InChI is InChI=1S/C24H22FN3O4/c1-15(22(29)31-14-16-2-8-19(25)9-3-16)17-6-12-21(13-7-17)32-23(30)18-4-10-20(11-5-18)28-24(26)27/h2-13,15H,14H2,1H3,(H4,26,27,28). The average molecular weight is 435 g/mol. The predicted octanol–water partition coefficient (Wildman–Crippen LogP) is 3.80. The first-order valence-electron chi connectivity index (χ1n) is 9.75. The number of esters is 2. The predicted molar refractivity (Wildman–Crippen MR) is 118 cm³/mol. The lowest BCUT2D eigenvalue weighted by Gasteiger charge is -2.13. The van der Waals surface area contributed by atoms with Gasteiger partial charge in [-0.2, -0.15) is 0 Å². The van der Waals surface area contributed by atoms with Crippen molar-refractivity contribution in [2.24, 2.45) is 16.5 Å². The zero-order valence-electron chi connectivity index (χ0n) is 17.3. The van der Waals surface area contributed by atoms with Gasteiger partial charge in [0.15, 0.2) is 5.96 Å². The molecule has 3 aromatic rings. The number of hydrogen-bond acceptors (Lipinski definition) is 5. The molecule has 8 heteroatoms. The number of guanidine groups is 1. The Balaban J connectivity index is 1.56. The molecule has 0 saturated heterocycles. The number of benzene rings is 3. The van der Waals surface area contributed by atoms with Crippen molar-refractivity contribution in [2.45, 2.75) is 19.4 Å². The molecule has 4 N–H and O–H groups in total. The first-order chi connectivity index (χ1) is 15.3. The maximum absolute atomic E-state index is 12.9. The highest BCUT2D eigenvalue weighted by molar-refractivity contribution is 5.91. The summed E-state index contributed by atoms with van der Waals surface area (Å²) in [5.41, 5.74) is 12.9. The van der Waals surface area contributed by atoms with E-state index in [4.69, 9.17) is 20.9 Å². The summed E-state index contributed by atoms with van der Waals surface area (Å²) in [4.78, 5) is 28.5. The number of carbonyl (C=O) groups is 2. The third kappa shape index (κ3) is 6.15. The van der Waals surface area contributed by atoms with Gasteiger partial charge in [-0.25, -0.2) is 14.2 Å². The number of carbonyl (C=O) groups excluding carboxylic acids is 2. The second kappa shape index (κ2) is 10.2. The molecule has 0 fully saturated rings. The van der Waals surface area contributed by atoms with Crippen molar-refractivity contribution in [1.29, 1.82) is 0 Å². The Kier molecular flexibility index (Phi) is 7.17. The summed E-state index contributed by atoms with van der Waals surface area (Å²) in [5, 5.41) is 0. The summed E-state index contributed by atoms with van der Waals surface area (Å²) in [6, 6.07) is 18.6.